The summed E-state index contributed by atoms with van der Waals surface area (Å²) in [5, 5.41) is 0.821. The molecule has 2 aliphatic heterocycles. The van der Waals surface area contributed by atoms with E-state index < -0.39 is 17.3 Å². The first-order valence-electron chi connectivity index (χ1n) is 10.5. The topological polar surface area (TPSA) is 91.7 Å². The maximum Gasteiger partial charge on any atom is 0.410 e. The van der Waals surface area contributed by atoms with Gasteiger partial charge in [-0.05, 0) is 52.5 Å². The summed E-state index contributed by atoms with van der Waals surface area (Å²) in [6.07, 6.45) is 1.48. The van der Waals surface area contributed by atoms with Crippen molar-refractivity contribution in [3.63, 3.8) is 0 Å². The lowest BCUT2D eigenvalue weighted by atomic mass is 9.92. The summed E-state index contributed by atoms with van der Waals surface area (Å²) in [6, 6.07) is 1.09. The van der Waals surface area contributed by atoms with E-state index in [1.807, 2.05) is 25.7 Å². The van der Waals surface area contributed by atoms with Crippen molar-refractivity contribution in [3.05, 3.63) is 28.2 Å². The average Bonchev–Trinajstić information content (AvgIpc) is 3.21. The quantitative estimate of drug-likeness (QED) is 0.717. The lowest BCUT2D eigenvalue weighted by molar-refractivity contribution is 0.00669. The first-order valence-corrected chi connectivity index (χ1v) is 10.9. The number of nitrogens with two attached hydrogens (primary N) is 1. The van der Waals surface area contributed by atoms with Crippen molar-refractivity contribution in [3.8, 4) is 0 Å². The highest BCUT2D eigenvalue weighted by Crippen LogP contribution is 2.42. The van der Waals surface area contributed by atoms with Crippen molar-refractivity contribution >= 4 is 40.2 Å². The summed E-state index contributed by atoms with van der Waals surface area (Å²) in [6.45, 7) is 8.97. The molecule has 4 rings (SSSR count). The predicted molar refractivity (Wildman–Crippen MR) is 118 cm³/mol. The SMILES string of the molecule is Cc1[nH]c2c(C(N)=O)cc(F)c(N3CC4CCCN(C(=O)OC(C)(C)C)C4C3)c2c1Cl. The number of aryl methyl sites for hydroxylation is 1. The van der Waals surface area contributed by atoms with E-state index in [2.05, 4.69) is 4.98 Å². The first kappa shape index (κ1) is 21.7. The number of nitrogens with one attached hydrogen (secondary N) is 1. The van der Waals surface area contributed by atoms with Crippen molar-refractivity contribution in [1.82, 2.24) is 9.88 Å². The summed E-state index contributed by atoms with van der Waals surface area (Å²) >= 11 is 6.52. The molecule has 2 amide bonds. The minimum Gasteiger partial charge on any atom is -0.444 e. The molecule has 3 heterocycles. The third-order valence-corrected chi connectivity index (χ3v) is 6.58. The van der Waals surface area contributed by atoms with E-state index in [0.29, 0.717) is 46.9 Å². The minimum atomic E-state index is -0.723. The van der Waals surface area contributed by atoms with E-state index in [1.165, 1.54) is 6.07 Å². The maximum atomic E-state index is 15.3. The van der Waals surface area contributed by atoms with Crippen LogP contribution in [0.1, 0.15) is 49.7 Å². The Labute approximate surface area is 185 Å². The van der Waals surface area contributed by atoms with Crippen LogP contribution in [0.25, 0.3) is 10.9 Å². The van der Waals surface area contributed by atoms with Crippen LogP contribution in [0.2, 0.25) is 5.02 Å². The molecule has 2 fully saturated rings. The van der Waals surface area contributed by atoms with Gasteiger partial charge in [0.05, 0.1) is 27.8 Å². The van der Waals surface area contributed by atoms with Crippen LogP contribution in [-0.4, -0.2) is 53.2 Å². The normalized spacial score (nSPS) is 21.5. The Hall–Kier alpha value is -2.48. The van der Waals surface area contributed by atoms with Crippen molar-refractivity contribution in [2.75, 3.05) is 24.5 Å². The number of fused-ring (bicyclic) bond motifs is 2. The third-order valence-electron chi connectivity index (χ3n) is 6.11. The van der Waals surface area contributed by atoms with Gasteiger partial charge < -0.3 is 25.3 Å². The lowest BCUT2D eigenvalue weighted by Crippen LogP contribution is -2.50. The summed E-state index contributed by atoms with van der Waals surface area (Å²) in [5.41, 5.74) is 6.37. The smallest absolute Gasteiger partial charge is 0.410 e. The molecule has 0 spiro atoms. The van der Waals surface area contributed by atoms with Crippen LogP contribution in [0.4, 0.5) is 14.9 Å². The largest absolute Gasteiger partial charge is 0.444 e. The highest BCUT2D eigenvalue weighted by Gasteiger charge is 2.43. The van der Waals surface area contributed by atoms with Crippen LogP contribution in [-0.2, 0) is 4.74 Å². The number of halogens is 2. The molecule has 2 unspecified atom stereocenters. The van der Waals surface area contributed by atoms with Gasteiger partial charge in [-0.1, -0.05) is 11.6 Å². The maximum absolute atomic E-state index is 15.3. The number of carbonyl (C=O) groups is 2. The van der Waals surface area contributed by atoms with Gasteiger partial charge in [0.1, 0.15) is 11.4 Å². The van der Waals surface area contributed by atoms with Gasteiger partial charge in [0.25, 0.3) is 5.91 Å². The van der Waals surface area contributed by atoms with Crippen LogP contribution in [0, 0.1) is 18.7 Å². The number of ether oxygens (including phenoxy) is 1. The van der Waals surface area contributed by atoms with Gasteiger partial charge in [-0.25, -0.2) is 9.18 Å². The zero-order valence-corrected chi connectivity index (χ0v) is 19.0. The molecule has 0 saturated carbocycles. The number of rotatable bonds is 2. The van der Waals surface area contributed by atoms with E-state index >= 15 is 4.39 Å². The third kappa shape index (κ3) is 3.82. The van der Waals surface area contributed by atoms with E-state index in [9.17, 15) is 9.59 Å². The van der Waals surface area contributed by atoms with E-state index in [0.717, 1.165) is 12.8 Å². The van der Waals surface area contributed by atoms with Crippen LogP contribution in [0.15, 0.2) is 6.07 Å². The fourth-order valence-electron chi connectivity index (χ4n) is 4.83. The second-order valence-corrected chi connectivity index (χ2v) is 9.86. The number of nitrogens with zero attached hydrogens (tertiary/aromatic N) is 2. The molecule has 168 valence electrons. The number of H-pyrrole nitrogens is 1. The summed E-state index contributed by atoms with van der Waals surface area (Å²) in [7, 11) is 0. The van der Waals surface area contributed by atoms with Crippen LogP contribution in [0.3, 0.4) is 0 Å². The molecule has 2 saturated heterocycles. The molecule has 1 aromatic carbocycles. The van der Waals surface area contributed by atoms with Crippen LogP contribution >= 0.6 is 11.6 Å². The number of amides is 2. The van der Waals surface area contributed by atoms with Gasteiger partial charge in [0.15, 0.2) is 0 Å². The zero-order chi connectivity index (χ0) is 22.7. The molecule has 9 heteroatoms. The molecule has 2 aromatic rings. The van der Waals surface area contributed by atoms with E-state index in [1.54, 1.807) is 11.8 Å². The highest BCUT2D eigenvalue weighted by molar-refractivity contribution is 6.38. The Kier molecular flexibility index (Phi) is 5.32. The number of piperidine rings is 1. The van der Waals surface area contributed by atoms with Gasteiger partial charge in [0.2, 0.25) is 0 Å². The number of carbonyl (C=O) groups excluding carboxylic acids is 2. The lowest BCUT2D eigenvalue weighted by Gasteiger charge is -2.37. The first-order chi connectivity index (χ1) is 14.5. The number of anilines is 1. The fraction of sp³-hybridized carbons (Fsp3) is 0.545. The molecule has 0 bridgehead atoms. The zero-order valence-electron chi connectivity index (χ0n) is 18.2. The van der Waals surface area contributed by atoms with Crippen LogP contribution in [0.5, 0.6) is 0 Å². The Morgan fingerprint density at radius 1 is 1.32 bits per heavy atom. The van der Waals surface area contributed by atoms with E-state index in [-0.39, 0.29) is 23.6 Å². The van der Waals surface area contributed by atoms with Gasteiger partial charge in [-0.15, -0.1) is 0 Å². The molecule has 2 aliphatic rings. The number of benzene rings is 1. The molecule has 1 aromatic heterocycles. The van der Waals surface area contributed by atoms with Gasteiger partial charge in [-0.2, -0.15) is 0 Å². The Morgan fingerprint density at radius 3 is 2.68 bits per heavy atom. The van der Waals surface area contributed by atoms with Crippen molar-refractivity contribution in [2.24, 2.45) is 11.7 Å². The predicted octanol–water partition coefficient (Wildman–Crippen LogP) is 4.20. The molecular weight excluding hydrogens is 423 g/mol. The fourth-order valence-corrected chi connectivity index (χ4v) is 5.06. The number of hydrogen-bond donors (Lipinski definition) is 2. The second kappa shape index (κ2) is 7.58. The van der Waals surface area contributed by atoms with E-state index in [4.69, 9.17) is 22.1 Å². The van der Waals surface area contributed by atoms with Crippen molar-refractivity contribution < 1.29 is 18.7 Å². The number of likely N-dealkylation sites (tertiary alicyclic amines) is 1. The van der Waals surface area contributed by atoms with Crippen molar-refractivity contribution in [1.29, 1.82) is 0 Å². The molecular formula is C22H28ClFN4O3. The molecule has 7 nitrogen and oxygen atoms in total. The molecule has 3 N–H and O–H groups in total. The van der Waals surface area contributed by atoms with Gasteiger partial charge in [0, 0.05) is 30.7 Å². The Bertz CT molecular complexity index is 1060. The minimum absolute atomic E-state index is 0.0678. The van der Waals surface area contributed by atoms with Crippen LogP contribution < -0.4 is 10.6 Å². The summed E-state index contributed by atoms with van der Waals surface area (Å²) in [5.74, 6) is -1.07. The monoisotopic (exact) mass is 450 g/mol. The number of hydrogen-bond acceptors (Lipinski definition) is 4. The highest BCUT2D eigenvalue weighted by atomic mass is 35.5. The number of primary amides is 1. The molecule has 2 atom stereocenters. The summed E-state index contributed by atoms with van der Waals surface area (Å²) < 4.78 is 20.9. The Balaban J connectivity index is 1.72. The van der Waals surface area contributed by atoms with Gasteiger partial charge >= 0.3 is 6.09 Å². The second-order valence-electron chi connectivity index (χ2n) is 9.48. The average molecular weight is 451 g/mol. The molecule has 31 heavy (non-hydrogen) atoms. The number of aromatic nitrogens is 1. The number of aromatic amines is 1. The molecule has 0 aliphatic carbocycles. The standard InChI is InChI=1S/C22H28ClFN4O3/c1-11-17(23)16-18(26-11)13(20(25)29)8-14(24)19(16)27-9-12-6-5-7-28(15(12)10-27)21(30)31-22(2,3)4/h8,12,15,26H,5-7,9-10H2,1-4H3,(H2,25,29). The Morgan fingerprint density at radius 2 is 2.03 bits per heavy atom. The molecule has 0 radical (unpaired) electrons. The van der Waals surface area contributed by atoms with Crippen molar-refractivity contribution in [2.45, 2.75) is 52.2 Å². The summed E-state index contributed by atoms with van der Waals surface area (Å²) in [4.78, 5) is 31.4. The van der Waals surface area contributed by atoms with Gasteiger partial charge in [-0.3, -0.25) is 4.79 Å².